The Morgan fingerprint density at radius 1 is 1.12 bits per heavy atom. The molecule has 0 amide bonds. The molecule has 0 atom stereocenters. The minimum Gasteiger partial charge on any atom is -0.317 e. The van der Waals surface area contributed by atoms with Crippen LogP contribution in [0.2, 0.25) is 0 Å². The average Bonchev–Trinajstić information content (AvgIpc) is 2.29. The maximum absolute atomic E-state index is 12.9. The van der Waals surface area contributed by atoms with Gasteiger partial charge >= 0.3 is 0 Å². The van der Waals surface area contributed by atoms with Crippen molar-refractivity contribution >= 4 is 0 Å². The van der Waals surface area contributed by atoms with E-state index in [2.05, 4.69) is 10.2 Å². The Morgan fingerprint density at radius 2 is 1.75 bits per heavy atom. The summed E-state index contributed by atoms with van der Waals surface area (Å²) in [6.45, 7) is 4.43. The van der Waals surface area contributed by atoms with Gasteiger partial charge in [0.2, 0.25) is 0 Å². The van der Waals surface area contributed by atoms with Crippen LogP contribution >= 0.6 is 0 Å². The summed E-state index contributed by atoms with van der Waals surface area (Å²) in [4.78, 5) is 2.21. The highest BCUT2D eigenvalue weighted by Gasteiger charge is 2.33. The second-order valence-electron chi connectivity index (χ2n) is 5.18. The van der Waals surface area contributed by atoms with Gasteiger partial charge in [-0.25, -0.2) is 8.78 Å². The first-order valence-corrected chi connectivity index (χ1v) is 6.47. The highest BCUT2D eigenvalue weighted by molar-refractivity contribution is 4.78. The monoisotopic (exact) mass is 232 g/mol. The third-order valence-corrected chi connectivity index (χ3v) is 3.90. The van der Waals surface area contributed by atoms with Gasteiger partial charge in [-0.3, -0.25) is 0 Å². The van der Waals surface area contributed by atoms with E-state index < -0.39 is 5.92 Å². The summed E-state index contributed by atoms with van der Waals surface area (Å²) < 4.78 is 25.9. The van der Waals surface area contributed by atoms with Gasteiger partial charge in [0, 0.05) is 25.9 Å². The molecule has 0 aromatic heterocycles. The molecule has 2 nitrogen and oxygen atoms in total. The SMILES string of the molecule is FC1(F)CCN(CCC2CCNCC2)CC1. The summed E-state index contributed by atoms with van der Waals surface area (Å²) in [7, 11) is 0. The average molecular weight is 232 g/mol. The minimum absolute atomic E-state index is 0.0548. The van der Waals surface area contributed by atoms with Gasteiger partial charge in [0.25, 0.3) is 5.92 Å². The fraction of sp³-hybridized carbons (Fsp3) is 1.00. The number of likely N-dealkylation sites (tertiary alicyclic amines) is 1. The van der Waals surface area contributed by atoms with E-state index in [1.165, 1.54) is 19.3 Å². The van der Waals surface area contributed by atoms with Gasteiger partial charge < -0.3 is 10.2 Å². The summed E-state index contributed by atoms with van der Waals surface area (Å²) >= 11 is 0. The van der Waals surface area contributed by atoms with E-state index in [9.17, 15) is 8.78 Å². The van der Waals surface area contributed by atoms with Crippen LogP contribution in [0.5, 0.6) is 0 Å². The molecule has 0 unspecified atom stereocenters. The maximum Gasteiger partial charge on any atom is 0.250 e. The van der Waals surface area contributed by atoms with Crippen molar-refractivity contribution in [1.29, 1.82) is 0 Å². The number of halogens is 2. The fourth-order valence-corrected chi connectivity index (χ4v) is 2.64. The summed E-state index contributed by atoms with van der Waals surface area (Å²) in [5.41, 5.74) is 0. The largest absolute Gasteiger partial charge is 0.317 e. The molecule has 2 fully saturated rings. The number of piperidine rings is 2. The number of rotatable bonds is 3. The minimum atomic E-state index is -2.40. The van der Waals surface area contributed by atoms with Crippen molar-refractivity contribution in [2.45, 2.75) is 38.0 Å². The number of alkyl halides is 2. The normalized spacial score (nSPS) is 28.1. The van der Waals surface area contributed by atoms with E-state index in [0.717, 1.165) is 25.6 Å². The van der Waals surface area contributed by atoms with Crippen LogP contribution in [0.25, 0.3) is 0 Å². The number of nitrogens with one attached hydrogen (secondary N) is 1. The number of hydrogen-bond acceptors (Lipinski definition) is 2. The molecule has 16 heavy (non-hydrogen) atoms. The van der Waals surface area contributed by atoms with Crippen molar-refractivity contribution < 1.29 is 8.78 Å². The third kappa shape index (κ3) is 3.67. The number of hydrogen-bond donors (Lipinski definition) is 1. The van der Waals surface area contributed by atoms with E-state index >= 15 is 0 Å². The van der Waals surface area contributed by atoms with Crippen molar-refractivity contribution in [3.63, 3.8) is 0 Å². The lowest BCUT2D eigenvalue weighted by atomic mass is 9.94. The summed E-state index contributed by atoms with van der Waals surface area (Å²) in [5, 5.41) is 3.35. The Hall–Kier alpha value is -0.220. The quantitative estimate of drug-likeness (QED) is 0.801. The van der Waals surface area contributed by atoms with Gasteiger partial charge in [-0.2, -0.15) is 0 Å². The molecule has 0 aliphatic carbocycles. The molecule has 2 aliphatic heterocycles. The van der Waals surface area contributed by atoms with Gasteiger partial charge in [0.05, 0.1) is 0 Å². The standard InChI is InChI=1S/C12H22F2N2/c13-12(14)4-9-16(10-5-12)8-3-11-1-6-15-7-2-11/h11,15H,1-10H2. The first-order valence-electron chi connectivity index (χ1n) is 6.47. The Balaban J connectivity index is 1.63. The van der Waals surface area contributed by atoms with Crippen LogP contribution in [0.15, 0.2) is 0 Å². The molecule has 2 aliphatic rings. The summed E-state index contributed by atoms with van der Waals surface area (Å²) in [6, 6.07) is 0. The molecule has 0 radical (unpaired) electrons. The molecule has 1 N–H and O–H groups in total. The van der Waals surface area contributed by atoms with E-state index in [-0.39, 0.29) is 12.8 Å². The predicted molar refractivity (Wildman–Crippen MR) is 60.8 cm³/mol. The molecular formula is C12H22F2N2. The topological polar surface area (TPSA) is 15.3 Å². The Labute approximate surface area is 96.4 Å². The Kier molecular flexibility index (Phi) is 4.14. The van der Waals surface area contributed by atoms with Gasteiger partial charge in [-0.1, -0.05) is 0 Å². The van der Waals surface area contributed by atoms with Crippen molar-refractivity contribution in [3.8, 4) is 0 Å². The molecule has 0 aromatic rings. The molecular weight excluding hydrogens is 210 g/mol. The van der Waals surface area contributed by atoms with Crippen LogP contribution in [0.1, 0.15) is 32.1 Å². The predicted octanol–water partition coefficient (Wildman–Crippen LogP) is 2.11. The lowest BCUT2D eigenvalue weighted by Gasteiger charge is -2.33. The molecule has 2 rings (SSSR count). The smallest absolute Gasteiger partial charge is 0.250 e. The second-order valence-corrected chi connectivity index (χ2v) is 5.18. The van der Waals surface area contributed by atoms with Crippen LogP contribution in [-0.4, -0.2) is 43.5 Å². The maximum atomic E-state index is 12.9. The lowest BCUT2D eigenvalue weighted by Crippen LogP contribution is -2.40. The van der Waals surface area contributed by atoms with Gasteiger partial charge in [0.15, 0.2) is 0 Å². The molecule has 0 spiro atoms. The number of nitrogens with zero attached hydrogens (tertiary/aromatic N) is 1. The fourth-order valence-electron chi connectivity index (χ4n) is 2.64. The van der Waals surface area contributed by atoms with Crippen LogP contribution in [0, 0.1) is 5.92 Å². The van der Waals surface area contributed by atoms with Crippen LogP contribution in [-0.2, 0) is 0 Å². The van der Waals surface area contributed by atoms with E-state index in [1.807, 2.05) is 0 Å². The molecule has 2 heterocycles. The van der Waals surface area contributed by atoms with E-state index in [1.54, 1.807) is 0 Å². The van der Waals surface area contributed by atoms with Crippen molar-refractivity contribution in [2.75, 3.05) is 32.7 Å². The summed E-state index contributed by atoms with van der Waals surface area (Å²) in [5.74, 6) is -1.59. The lowest BCUT2D eigenvalue weighted by molar-refractivity contribution is -0.0558. The van der Waals surface area contributed by atoms with Gasteiger partial charge in [-0.15, -0.1) is 0 Å². The van der Waals surface area contributed by atoms with Crippen molar-refractivity contribution in [1.82, 2.24) is 10.2 Å². The van der Waals surface area contributed by atoms with Crippen LogP contribution in [0.3, 0.4) is 0 Å². The molecule has 2 saturated heterocycles. The van der Waals surface area contributed by atoms with Gasteiger partial charge in [0.1, 0.15) is 0 Å². The summed E-state index contributed by atoms with van der Waals surface area (Å²) in [6.07, 6.45) is 3.81. The van der Waals surface area contributed by atoms with E-state index in [4.69, 9.17) is 0 Å². The molecule has 94 valence electrons. The first-order chi connectivity index (χ1) is 7.66. The van der Waals surface area contributed by atoms with Crippen LogP contribution < -0.4 is 5.32 Å². The van der Waals surface area contributed by atoms with Crippen molar-refractivity contribution in [3.05, 3.63) is 0 Å². The molecule has 0 bridgehead atoms. The second kappa shape index (κ2) is 5.41. The molecule has 4 heteroatoms. The highest BCUT2D eigenvalue weighted by Crippen LogP contribution is 2.28. The van der Waals surface area contributed by atoms with Crippen molar-refractivity contribution in [2.24, 2.45) is 5.92 Å². The third-order valence-electron chi connectivity index (χ3n) is 3.90. The van der Waals surface area contributed by atoms with E-state index in [0.29, 0.717) is 13.1 Å². The van der Waals surface area contributed by atoms with Crippen LogP contribution in [0.4, 0.5) is 8.78 Å². The first kappa shape index (κ1) is 12.2. The van der Waals surface area contributed by atoms with Gasteiger partial charge in [-0.05, 0) is 44.8 Å². The molecule has 0 aromatic carbocycles. The Morgan fingerprint density at radius 3 is 2.38 bits per heavy atom. The molecule has 0 saturated carbocycles. The zero-order chi connectivity index (χ0) is 11.4. The Bertz CT molecular complexity index is 205. The zero-order valence-electron chi connectivity index (χ0n) is 9.85. The highest BCUT2D eigenvalue weighted by atomic mass is 19.3. The zero-order valence-corrected chi connectivity index (χ0v) is 9.85.